The Bertz CT molecular complexity index is 178. The van der Waals surface area contributed by atoms with Gasteiger partial charge in [-0.05, 0) is 26.3 Å². The van der Waals surface area contributed by atoms with Gasteiger partial charge in [-0.2, -0.15) is 0 Å². The van der Waals surface area contributed by atoms with Crippen molar-refractivity contribution in [2.45, 2.75) is 26.2 Å². The van der Waals surface area contributed by atoms with E-state index in [1.807, 2.05) is 6.92 Å². The largest absolute Gasteiger partial charge is 0.409 e. The lowest BCUT2D eigenvalue weighted by atomic mass is 10.2. The highest BCUT2D eigenvalue weighted by molar-refractivity contribution is 5.79. The van der Waals surface area contributed by atoms with E-state index in [1.54, 1.807) is 0 Å². The fourth-order valence-corrected chi connectivity index (χ4v) is 0.908. The molecule has 0 aliphatic carbocycles. The van der Waals surface area contributed by atoms with Gasteiger partial charge in [0.2, 0.25) is 0 Å². The number of unbranched alkanes of at least 4 members (excludes halogenated alkanes) is 1. The van der Waals surface area contributed by atoms with Crippen molar-refractivity contribution in [1.82, 2.24) is 5.32 Å². The summed E-state index contributed by atoms with van der Waals surface area (Å²) in [5, 5.41) is 14.4. The number of amidine groups is 1. The van der Waals surface area contributed by atoms with Crippen LogP contribution in [0.25, 0.3) is 0 Å². The molecule has 4 nitrogen and oxygen atoms in total. The second kappa shape index (κ2) is 7.61. The quantitative estimate of drug-likeness (QED) is 0.139. The van der Waals surface area contributed by atoms with Crippen molar-refractivity contribution in [2.75, 3.05) is 13.1 Å². The zero-order valence-electron chi connectivity index (χ0n) is 8.21. The molecule has 0 unspecified atom stereocenters. The molecule has 0 fully saturated rings. The number of oxime groups is 1. The van der Waals surface area contributed by atoms with Crippen LogP contribution in [0.5, 0.6) is 0 Å². The molecule has 0 aromatic rings. The van der Waals surface area contributed by atoms with Gasteiger partial charge in [0.1, 0.15) is 5.84 Å². The maximum atomic E-state index is 8.25. The van der Waals surface area contributed by atoms with Crippen LogP contribution in [0.4, 0.5) is 0 Å². The fraction of sp³-hybridized carbons (Fsp3) is 0.667. The predicted octanol–water partition coefficient (Wildman–Crippen LogP) is 1.07. The third-order valence-electron chi connectivity index (χ3n) is 1.59. The number of hydrogen-bond acceptors (Lipinski definition) is 3. The van der Waals surface area contributed by atoms with E-state index in [4.69, 9.17) is 10.9 Å². The number of rotatable bonds is 7. The SMILES string of the molecule is C=C(C)CNCCCCC(N)=NO. The van der Waals surface area contributed by atoms with Gasteiger partial charge >= 0.3 is 0 Å². The van der Waals surface area contributed by atoms with E-state index in [1.165, 1.54) is 0 Å². The van der Waals surface area contributed by atoms with Crippen molar-refractivity contribution in [3.8, 4) is 0 Å². The molecule has 0 radical (unpaired) electrons. The zero-order valence-corrected chi connectivity index (χ0v) is 8.21. The zero-order chi connectivity index (χ0) is 10.1. The maximum Gasteiger partial charge on any atom is 0.139 e. The number of nitrogens with one attached hydrogen (secondary N) is 1. The highest BCUT2D eigenvalue weighted by Gasteiger charge is 1.93. The van der Waals surface area contributed by atoms with Crippen molar-refractivity contribution in [3.05, 3.63) is 12.2 Å². The summed E-state index contributed by atoms with van der Waals surface area (Å²) in [5.74, 6) is 0.305. The van der Waals surface area contributed by atoms with E-state index in [0.29, 0.717) is 12.3 Å². The van der Waals surface area contributed by atoms with Crippen LogP contribution >= 0.6 is 0 Å². The van der Waals surface area contributed by atoms with Gasteiger partial charge < -0.3 is 16.3 Å². The minimum Gasteiger partial charge on any atom is -0.409 e. The average Bonchev–Trinajstić information content (AvgIpc) is 2.10. The van der Waals surface area contributed by atoms with Gasteiger partial charge in [-0.1, -0.05) is 17.3 Å². The lowest BCUT2D eigenvalue weighted by molar-refractivity contribution is 0.316. The first kappa shape index (κ1) is 12.0. The summed E-state index contributed by atoms with van der Waals surface area (Å²) in [6.45, 7) is 7.58. The van der Waals surface area contributed by atoms with Crippen molar-refractivity contribution < 1.29 is 5.21 Å². The molecule has 0 atom stereocenters. The Labute approximate surface area is 79.5 Å². The minimum absolute atomic E-state index is 0.305. The molecule has 0 aromatic heterocycles. The average molecular weight is 185 g/mol. The third-order valence-corrected chi connectivity index (χ3v) is 1.59. The molecular formula is C9H19N3O. The standard InChI is InChI=1S/C9H19N3O/c1-8(2)7-11-6-4-3-5-9(10)12-13/h11,13H,1,3-7H2,2H3,(H2,10,12). The van der Waals surface area contributed by atoms with Gasteiger partial charge in [-0.25, -0.2) is 0 Å². The summed E-state index contributed by atoms with van der Waals surface area (Å²) in [4.78, 5) is 0. The molecule has 0 heterocycles. The summed E-state index contributed by atoms with van der Waals surface area (Å²) in [7, 11) is 0. The highest BCUT2D eigenvalue weighted by atomic mass is 16.4. The Hall–Kier alpha value is -1.03. The van der Waals surface area contributed by atoms with Crippen LogP contribution in [0.3, 0.4) is 0 Å². The predicted molar refractivity (Wildman–Crippen MR) is 54.9 cm³/mol. The van der Waals surface area contributed by atoms with E-state index in [-0.39, 0.29) is 0 Å². The van der Waals surface area contributed by atoms with E-state index in [9.17, 15) is 0 Å². The maximum absolute atomic E-state index is 8.25. The lowest BCUT2D eigenvalue weighted by Gasteiger charge is -2.03. The molecule has 0 bridgehead atoms. The van der Waals surface area contributed by atoms with E-state index in [0.717, 1.165) is 31.5 Å². The molecule has 0 saturated carbocycles. The molecule has 0 aromatic carbocycles. The molecule has 0 spiro atoms. The Balaban J connectivity index is 3.13. The monoisotopic (exact) mass is 185 g/mol. The van der Waals surface area contributed by atoms with Gasteiger partial charge in [0.15, 0.2) is 0 Å². The van der Waals surface area contributed by atoms with Crippen LogP contribution in [0, 0.1) is 0 Å². The Morgan fingerprint density at radius 1 is 1.54 bits per heavy atom. The van der Waals surface area contributed by atoms with Crippen LogP contribution in [-0.4, -0.2) is 24.1 Å². The Morgan fingerprint density at radius 3 is 2.77 bits per heavy atom. The first-order valence-electron chi connectivity index (χ1n) is 4.48. The van der Waals surface area contributed by atoms with Crippen LogP contribution in [0.2, 0.25) is 0 Å². The second-order valence-electron chi connectivity index (χ2n) is 3.18. The summed E-state index contributed by atoms with van der Waals surface area (Å²) in [5.41, 5.74) is 6.44. The van der Waals surface area contributed by atoms with E-state index >= 15 is 0 Å². The summed E-state index contributed by atoms with van der Waals surface area (Å²) >= 11 is 0. The van der Waals surface area contributed by atoms with Gasteiger partial charge in [-0.15, -0.1) is 0 Å². The molecule has 4 heteroatoms. The van der Waals surface area contributed by atoms with Crippen LogP contribution in [-0.2, 0) is 0 Å². The molecule has 0 aliphatic rings. The summed E-state index contributed by atoms with van der Waals surface area (Å²) in [6, 6.07) is 0. The van der Waals surface area contributed by atoms with Crippen molar-refractivity contribution in [2.24, 2.45) is 10.9 Å². The van der Waals surface area contributed by atoms with Crippen LogP contribution < -0.4 is 11.1 Å². The molecule has 4 N–H and O–H groups in total. The van der Waals surface area contributed by atoms with Crippen molar-refractivity contribution in [1.29, 1.82) is 0 Å². The van der Waals surface area contributed by atoms with E-state index < -0.39 is 0 Å². The normalized spacial score (nSPS) is 11.6. The smallest absolute Gasteiger partial charge is 0.139 e. The number of nitrogens with two attached hydrogens (primary N) is 1. The first-order valence-corrected chi connectivity index (χ1v) is 4.48. The van der Waals surface area contributed by atoms with Crippen molar-refractivity contribution >= 4 is 5.84 Å². The third kappa shape index (κ3) is 8.88. The molecule has 13 heavy (non-hydrogen) atoms. The topological polar surface area (TPSA) is 70.6 Å². The molecular weight excluding hydrogens is 166 g/mol. The second-order valence-corrected chi connectivity index (χ2v) is 3.18. The van der Waals surface area contributed by atoms with Gasteiger partial charge in [0.05, 0.1) is 0 Å². The molecule has 76 valence electrons. The van der Waals surface area contributed by atoms with E-state index in [2.05, 4.69) is 17.1 Å². The van der Waals surface area contributed by atoms with Crippen LogP contribution in [0.15, 0.2) is 17.3 Å². The lowest BCUT2D eigenvalue weighted by Crippen LogP contribution is -2.18. The molecule has 0 rings (SSSR count). The Morgan fingerprint density at radius 2 is 2.23 bits per heavy atom. The fourth-order valence-electron chi connectivity index (χ4n) is 0.908. The Kier molecular flexibility index (Phi) is 7.01. The summed E-state index contributed by atoms with van der Waals surface area (Å²) in [6.07, 6.45) is 2.63. The van der Waals surface area contributed by atoms with Gasteiger partial charge in [0.25, 0.3) is 0 Å². The molecule has 0 aliphatic heterocycles. The minimum atomic E-state index is 0.305. The summed E-state index contributed by atoms with van der Waals surface area (Å²) < 4.78 is 0. The number of hydrogen-bond donors (Lipinski definition) is 3. The first-order chi connectivity index (χ1) is 6.16. The van der Waals surface area contributed by atoms with Gasteiger partial charge in [-0.3, -0.25) is 0 Å². The highest BCUT2D eigenvalue weighted by Crippen LogP contribution is 1.93. The van der Waals surface area contributed by atoms with Gasteiger partial charge in [0, 0.05) is 13.0 Å². The van der Waals surface area contributed by atoms with Crippen LogP contribution in [0.1, 0.15) is 26.2 Å². The van der Waals surface area contributed by atoms with Crippen molar-refractivity contribution in [3.63, 3.8) is 0 Å². The molecule has 0 amide bonds. The molecule has 0 saturated heterocycles. The number of nitrogens with zero attached hydrogens (tertiary/aromatic N) is 1.